The van der Waals surface area contributed by atoms with Crippen LogP contribution in [0.4, 0.5) is 4.39 Å². The molecule has 3 amide bonds. The number of benzene rings is 2. The van der Waals surface area contributed by atoms with Gasteiger partial charge in [-0.05, 0) is 49.1 Å². The van der Waals surface area contributed by atoms with Crippen molar-refractivity contribution in [3.8, 4) is 0 Å². The number of nitrogens with zero attached hydrogens (tertiary/aromatic N) is 1. The summed E-state index contributed by atoms with van der Waals surface area (Å²) >= 11 is 6.36. The Balaban J connectivity index is 1.42. The Morgan fingerprint density at radius 3 is 2.42 bits per heavy atom. The van der Waals surface area contributed by atoms with Crippen molar-refractivity contribution in [1.82, 2.24) is 15.5 Å². The smallest absolute Gasteiger partial charge is 0.251 e. The second-order valence-corrected chi connectivity index (χ2v) is 7.81. The van der Waals surface area contributed by atoms with E-state index in [1.165, 1.54) is 24.3 Å². The zero-order chi connectivity index (χ0) is 22.2. The fourth-order valence-corrected chi connectivity index (χ4v) is 3.81. The fourth-order valence-electron chi connectivity index (χ4n) is 3.54. The van der Waals surface area contributed by atoms with Crippen molar-refractivity contribution >= 4 is 29.3 Å². The zero-order valence-corrected chi connectivity index (χ0v) is 17.8. The van der Waals surface area contributed by atoms with Gasteiger partial charge in [0.1, 0.15) is 17.2 Å². The highest BCUT2D eigenvalue weighted by atomic mass is 35.5. The maximum absolute atomic E-state index is 12.9. The Morgan fingerprint density at radius 1 is 1.03 bits per heavy atom. The minimum Gasteiger partial charge on any atom is -0.354 e. The van der Waals surface area contributed by atoms with Crippen molar-refractivity contribution in [3.05, 3.63) is 71.5 Å². The second kappa shape index (κ2) is 10.9. The largest absolute Gasteiger partial charge is 0.354 e. The highest BCUT2D eigenvalue weighted by molar-refractivity contribution is 6.30. The molecule has 0 aliphatic carbocycles. The number of likely N-dealkylation sites (tertiary alicyclic amines) is 1. The van der Waals surface area contributed by atoms with E-state index in [1.807, 2.05) is 18.2 Å². The summed E-state index contributed by atoms with van der Waals surface area (Å²) in [5, 5.41) is 4.74. The van der Waals surface area contributed by atoms with Crippen molar-refractivity contribution in [3.63, 3.8) is 0 Å². The highest BCUT2D eigenvalue weighted by Crippen LogP contribution is 2.27. The van der Waals surface area contributed by atoms with Gasteiger partial charge in [0.05, 0.1) is 0 Å². The van der Waals surface area contributed by atoms with Crippen molar-refractivity contribution in [2.24, 2.45) is 0 Å². The molecule has 1 aliphatic heterocycles. The van der Waals surface area contributed by atoms with Crippen LogP contribution in [0.5, 0.6) is 0 Å². The average molecular weight is 446 g/mol. The Hall–Kier alpha value is -2.93. The predicted molar refractivity (Wildman–Crippen MR) is 116 cm³/mol. The molecule has 1 aliphatic rings. The molecule has 0 spiro atoms. The van der Waals surface area contributed by atoms with Gasteiger partial charge in [-0.3, -0.25) is 14.4 Å². The summed E-state index contributed by atoms with van der Waals surface area (Å²) in [6, 6.07) is 13.8. The first-order valence-electron chi connectivity index (χ1n) is 10.3. The van der Waals surface area contributed by atoms with E-state index in [0.29, 0.717) is 43.6 Å². The lowest BCUT2D eigenvalue weighted by atomic mass is 10.1. The van der Waals surface area contributed by atoms with Crippen LogP contribution in [-0.4, -0.2) is 48.3 Å². The first-order chi connectivity index (χ1) is 15.0. The Labute approximate surface area is 185 Å². The van der Waals surface area contributed by atoms with Gasteiger partial charge in [0, 0.05) is 25.2 Å². The molecule has 6 nitrogen and oxygen atoms in total. The number of carbonyl (C=O) groups is 3. The number of nitrogens with one attached hydrogen (secondary N) is 2. The molecule has 1 fully saturated rings. The lowest BCUT2D eigenvalue weighted by Crippen LogP contribution is -2.47. The van der Waals surface area contributed by atoms with Gasteiger partial charge in [-0.2, -0.15) is 0 Å². The molecule has 2 atom stereocenters. The Kier molecular flexibility index (Phi) is 8.00. The minimum atomic E-state index is -0.823. The lowest BCUT2D eigenvalue weighted by Gasteiger charge is -2.26. The van der Waals surface area contributed by atoms with Crippen molar-refractivity contribution < 1.29 is 18.8 Å². The third-order valence-corrected chi connectivity index (χ3v) is 5.63. The normalized spacial score (nSPS) is 16.6. The van der Waals surface area contributed by atoms with Crippen LogP contribution >= 0.6 is 11.6 Å². The first-order valence-corrected chi connectivity index (χ1v) is 10.7. The number of hydrogen-bond acceptors (Lipinski definition) is 3. The molecule has 2 N–H and O–H groups in total. The number of carbonyl (C=O) groups excluding carboxylic acids is 3. The van der Waals surface area contributed by atoms with Crippen LogP contribution in [0.3, 0.4) is 0 Å². The van der Waals surface area contributed by atoms with E-state index in [4.69, 9.17) is 11.6 Å². The van der Waals surface area contributed by atoms with Crippen LogP contribution in [0.25, 0.3) is 0 Å². The molecule has 31 heavy (non-hydrogen) atoms. The first kappa shape index (κ1) is 22.7. The molecule has 0 saturated carbocycles. The van der Waals surface area contributed by atoms with E-state index in [1.54, 1.807) is 17.0 Å². The van der Waals surface area contributed by atoms with Crippen molar-refractivity contribution in [1.29, 1.82) is 0 Å². The molecule has 1 unspecified atom stereocenters. The fraction of sp³-hybridized carbons (Fsp3) is 0.348. The van der Waals surface area contributed by atoms with E-state index in [9.17, 15) is 18.8 Å². The minimum absolute atomic E-state index is 0.215. The topological polar surface area (TPSA) is 78.5 Å². The molecule has 0 radical (unpaired) electrons. The molecule has 164 valence electrons. The molecule has 2 aromatic carbocycles. The summed E-state index contributed by atoms with van der Waals surface area (Å²) in [6.07, 6.45) is 1.87. The summed E-state index contributed by atoms with van der Waals surface area (Å²) in [5.74, 6) is -1.18. The number of halogens is 2. The quantitative estimate of drug-likeness (QED) is 0.484. The van der Waals surface area contributed by atoms with Gasteiger partial charge >= 0.3 is 0 Å². The molecular formula is C23H25ClFN3O3. The van der Waals surface area contributed by atoms with Crippen LogP contribution in [0.15, 0.2) is 54.6 Å². The third kappa shape index (κ3) is 6.04. The van der Waals surface area contributed by atoms with Crippen LogP contribution in [-0.2, 0) is 9.59 Å². The molecule has 0 bridgehead atoms. The summed E-state index contributed by atoms with van der Waals surface area (Å²) in [6.45, 7) is 1.23. The van der Waals surface area contributed by atoms with Crippen LogP contribution in [0.1, 0.15) is 40.6 Å². The van der Waals surface area contributed by atoms with Gasteiger partial charge in [-0.25, -0.2) is 4.39 Å². The van der Waals surface area contributed by atoms with E-state index >= 15 is 0 Å². The molecule has 3 rings (SSSR count). The monoisotopic (exact) mass is 445 g/mol. The molecule has 8 heteroatoms. The number of hydrogen-bond donors (Lipinski definition) is 2. The Morgan fingerprint density at radius 2 is 1.71 bits per heavy atom. The number of amides is 3. The molecule has 0 aromatic heterocycles. The predicted octanol–water partition coefficient (Wildman–Crippen LogP) is 3.03. The van der Waals surface area contributed by atoms with Crippen molar-refractivity contribution in [2.45, 2.75) is 30.7 Å². The third-order valence-electron chi connectivity index (χ3n) is 5.19. The summed E-state index contributed by atoms with van der Waals surface area (Å²) < 4.78 is 12.9. The molecular weight excluding hydrogens is 421 g/mol. The van der Waals surface area contributed by atoms with Gasteiger partial charge in [-0.1, -0.05) is 30.3 Å². The highest BCUT2D eigenvalue weighted by Gasteiger charge is 2.36. The van der Waals surface area contributed by atoms with Crippen LogP contribution in [0.2, 0.25) is 0 Å². The summed E-state index contributed by atoms with van der Waals surface area (Å²) in [7, 11) is 0. The van der Waals surface area contributed by atoms with Crippen LogP contribution in [0, 0.1) is 5.82 Å². The van der Waals surface area contributed by atoms with Gasteiger partial charge in [0.2, 0.25) is 11.8 Å². The molecule has 2 aromatic rings. The van der Waals surface area contributed by atoms with Crippen molar-refractivity contribution in [2.75, 3.05) is 19.6 Å². The standard InChI is InChI=1S/C23H25ClFN3O3/c24-20(16-6-2-1-3-7-16)23(31)28-15-4-8-19(28)22(30)27-14-5-13-26-21(29)17-9-11-18(25)12-10-17/h1-3,6-7,9-12,19-20H,4-5,8,13-15H2,(H,26,29)(H,27,30)/t19-,20?/m1/s1. The van der Waals surface area contributed by atoms with Crippen LogP contribution < -0.4 is 10.6 Å². The lowest BCUT2D eigenvalue weighted by molar-refractivity contribution is -0.138. The second-order valence-electron chi connectivity index (χ2n) is 7.37. The van der Waals surface area contributed by atoms with E-state index < -0.39 is 17.2 Å². The van der Waals surface area contributed by atoms with E-state index in [-0.39, 0.29) is 17.7 Å². The maximum Gasteiger partial charge on any atom is 0.251 e. The molecule has 1 heterocycles. The van der Waals surface area contributed by atoms with E-state index in [0.717, 1.165) is 6.42 Å². The number of rotatable bonds is 8. The maximum atomic E-state index is 12.9. The van der Waals surface area contributed by atoms with Gasteiger partial charge in [0.25, 0.3) is 5.91 Å². The molecule has 1 saturated heterocycles. The SMILES string of the molecule is O=C(NCCCNC(=O)[C@H]1CCCN1C(=O)C(Cl)c1ccccc1)c1ccc(F)cc1. The summed E-state index contributed by atoms with van der Waals surface area (Å²) in [4.78, 5) is 38.9. The Bertz CT molecular complexity index is 908. The van der Waals surface area contributed by atoms with E-state index in [2.05, 4.69) is 10.6 Å². The van der Waals surface area contributed by atoms with Gasteiger partial charge < -0.3 is 15.5 Å². The summed E-state index contributed by atoms with van der Waals surface area (Å²) in [5.41, 5.74) is 1.08. The van der Waals surface area contributed by atoms with Gasteiger partial charge in [-0.15, -0.1) is 11.6 Å². The average Bonchev–Trinajstić information content (AvgIpc) is 3.28. The van der Waals surface area contributed by atoms with Gasteiger partial charge in [0.15, 0.2) is 0 Å². The zero-order valence-electron chi connectivity index (χ0n) is 17.0. The number of alkyl halides is 1.